The average molecular weight is 417 g/mol. The van der Waals surface area contributed by atoms with Crippen LogP contribution in [-0.2, 0) is 6.54 Å². The summed E-state index contributed by atoms with van der Waals surface area (Å²) in [5.41, 5.74) is 1.00. The molecule has 0 fully saturated rings. The summed E-state index contributed by atoms with van der Waals surface area (Å²) in [5, 5.41) is 16.1. The van der Waals surface area contributed by atoms with Crippen molar-refractivity contribution in [2.24, 2.45) is 10.4 Å². The summed E-state index contributed by atoms with van der Waals surface area (Å²) in [7, 11) is 0. The minimum absolute atomic E-state index is 0.0533. The summed E-state index contributed by atoms with van der Waals surface area (Å²) in [6.45, 7) is 8.50. The maximum absolute atomic E-state index is 13.0. The Kier molecular flexibility index (Phi) is 9.54. The van der Waals surface area contributed by atoms with Crippen molar-refractivity contribution in [2.45, 2.75) is 46.6 Å². The number of aliphatic hydroxyl groups is 1. The van der Waals surface area contributed by atoms with Crippen LogP contribution in [0.1, 0.15) is 45.6 Å². The van der Waals surface area contributed by atoms with E-state index in [1.54, 1.807) is 18.3 Å². The summed E-state index contributed by atoms with van der Waals surface area (Å²) >= 11 is 0. The first-order chi connectivity index (χ1) is 14.5. The third-order valence-electron chi connectivity index (χ3n) is 5.37. The standard InChI is InChI=1S/C23H33FN4O2/c1-4-23(5-2,12-14-29)17-28-22(25-6-3)27-16-18-11-13-26-21(15-18)30-20-9-7-19(24)8-10-20/h7-11,13,15,29H,4-6,12,14,16-17H2,1-3H3,(H2,25,27,28). The van der Waals surface area contributed by atoms with E-state index in [9.17, 15) is 9.50 Å². The molecule has 6 nitrogen and oxygen atoms in total. The Morgan fingerprint density at radius 2 is 1.87 bits per heavy atom. The van der Waals surface area contributed by atoms with Crippen LogP contribution in [0, 0.1) is 11.2 Å². The second-order valence-corrected chi connectivity index (χ2v) is 7.29. The predicted octanol–water partition coefficient (Wildman–Crippen LogP) is 4.26. The smallest absolute Gasteiger partial charge is 0.219 e. The highest BCUT2D eigenvalue weighted by molar-refractivity contribution is 5.79. The lowest BCUT2D eigenvalue weighted by molar-refractivity contribution is 0.169. The molecule has 1 aromatic carbocycles. The molecule has 0 unspecified atom stereocenters. The van der Waals surface area contributed by atoms with Gasteiger partial charge >= 0.3 is 0 Å². The van der Waals surface area contributed by atoms with Crippen molar-refractivity contribution in [3.8, 4) is 11.6 Å². The van der Waals surface area contributed by atoms with Crippen LogP contribution in [0.25, 0.3) is 0 Å². The van der Waals surface area contributed by atoms with Gasteiger partial charge in [0.25, 0.3) is 0 Å². The number of benzene rings is 1. The first-order valence-corrected chi connectivity index (χ1v) is 10.6. The Balaban J connectivity index is 2.03. The third kappa shape index (κ3) is 7.30. The van der Waals surface area contributed by atoms with Crippen LogP contribution < -0.4 is 15.4 Å². The average Bonchev–Trinajstić information content (AvgIpc) is 2.76. The van der Waals surface area contributed by atoms with Crippen molar-refractivity contribution in [2.75, 3.05) is 19.7 Å². The highest BCUT2D eigenvalue weighted by Crippen LogP contribution is 2.29. The summed E-state index contributed by atoms with van der Waals surface area (Å²) < 4.78 is 18.7. The number of guanidine groups is 1. The summed E-state index contributed by atoms with van der Waals surface area (Å²) in [6.07, 6.45) is 4.42. The van der Waals surface area contributed by atoms with E-state index in [0.717, 1.165) is 43.9 Å². The highest BCUT2D eigenvalue weighted by atomic mass is 19.1. The van der Waals surface area contributed by atoms with E-state index in [0.29, 0.717) is 18.2 Å². The Hall–Kier alpha value is -2.67. The fraction of sp³-hybridized carbons (Fsp3) is 0.478. The third-order valence-corrected chi connectivity index (χ3v) is 5.37. The molecule has 0 aliphatic heterocycles. The molecule has 2 aromatic rings. The molecule has 0 atom stereocenters. The van der Waals surface area contributed by atoms with Crippen LogP contribution in [0.4, 0.5) is 4.39 Å². The maximum Gasteiger partial charge on any atom is 0.219 e. The molecule has 0 saturated carbocycles. The molecular formula is C23H33FN4O2. The molecule has 164 valence electrons. The van der Waals surface area contributed by atoms with Crippen LogP contribution in [0.3, 0.4) is 0 Å². The van der Waals surface area contributed by atoms with Crippen molar-refractivity contribution < 1.29 is 14.2 Å². The van der Waals surface area contributed by atoms with Crippen molar-refractivity contribution in [1.29, 1.82) is 0 Å². The number of nitrogens with one attached hydrogen (secondary N) is 2. The van der Waals surface area contributed by atoms with Crippen molar-refractivity contribution in [3.05, 3.63) is 54.0 Å². The van der Waals surface area contributed by atoms with Crippen LogP contribution in [0.2, 0.25) is 0 Å². The predicted molar refractivity (Wildman–Crippen MR) is 118 cm³/mol. The summed E-state index contributed by atoms with van der Waals surface area (Å²) in [5.74, 6) is 1.39. The van der Waals surface area contributed by atoms with Crippen LogP contribution in [0.15, 0.2) is 47.6 Å². The molecule has 0 spiro atoms. The quantitative estimate of drug-likeness (QED) is 0.377. The highest BCUT2D eigenvalue weighted by Gasteiger charge is 2.25. The number of nitrogens with zero attached hydrogens (tertiary/aromatic N) is 2. The van der Waals surface area contributed by atoms with E-state index in [-0.39, 0.29) is 17.8 Å². The fourth-order valence-electron chi connectivity index (χ4n) is 3.19. The van der Waals surface area contributed by atoms with E-state index in [4.69, 9.17) is 4.74 Å². The van der Waals surface area contributed by atoms with Gasteiger partial charge < -0.3 is 20.5 Å². The van der Waals surface area contributed by atoms with Gasteiger partial charge in [0.05, 0.1) is 6.54 Å². The van der Waals surface area contributed by atoms with Gasteiger partial charge in [0.15, 0.2) is 5.96 Å². The Bertz CT molecular complexity index is 792. The first kappa shape index (κ1) is 23.6. The van der Waals surface area contributed by atoms with Gasteiger partial charge in [0, 0.05) is 32.0 Å². The molecule has 2 rings (SSSR count). The van der Waals surface area contributed by atoms with E-state index < -0.39 is 0 Å². The monoisotopic (exact) mass is 416 g/mol. The Labute approximate surface area is 178 Å². The van der Waals surface area contributed by atoms with Crippen LogP contribution in [0.5, 0.6) is 11.6 Å². The number of aliphatic hydroxyl groups excluding tert-OH is 1. The van der Waals surface area contributed by atoms with E-state index >= 15 is 0 Å². The molecule has 1 heterocycles. The largest absolute Gasteiger partial charge is 0.439 e. The van der Waals surface area contributed by atoms with Gasteiger partial charge in [-0.05, 0) is 67.5 Å². The lowest BCUT2D eigenvalue weighted by Crippen LogP contribution is -2.43. The van der Waals surface area contributed by atoms with E-state index in [1.165, 1.54) is 12.1 Å². The van der Waals surface area contributed by atoms with E-state index in [1.807, 2.05) is 19.1 Å². The molecule has 0 amide bonds. The van der Waals surface area contributed by atoms with Crippen LogP contribution >= 0.6 is 0 Å². The second-order valence-electron chi connectivity index (χ2n) is 7.29. The molecule has 0 aliphatic carbocycles. The molecular weight excluding hydrogens is 383 g/mol. The molecule has 30 heavy (non-hydrogen) atoms. The molecule has 0 saturated heterocycles. The number of hydrogen-bond acceptors (Lipinski definition) is 4. The fourth-order valence-corrected chi connectivity index (χ4v) is 3.19. The van der Waals surface area contributed by atoms with E-state index in [2.05, 4.69) is 34.5 Å². The number of aliphatic imine (C=N–C) groups is 1. The minimum atomic E-state index is -0.309. The lowest BCUT2D eigenvalue weighted by Gasteiger charge is -2.32. The molecule has 0 bridgehead atoms. The lowest BCUT2D eigenvalue weighted by atomic mass is 9.79. The number of halogens is 1. The Morgan fingerprint density at radius 1 is 1.13 bits per heavy atom. The zero-order chi connectivity index (χ0) is 21.8. The van der Waals surface area contributed by atoms with Gasteiger partial charge in [0.2, 0.25) is 5.88 Å². The molecule has 0 aliphatic rings. The number of rotatable bonds is 11. The molecule has 3 N–H and O–H groups in total. The van der Waals surface area contributed by atoms with Crippen molar-refractivity contribution >= 4 is 5.96 Å². The van der Waals surface area contributed by atoms with Gasteiger partial charge in [-0.2, -0.15) is 0 Å². The van der Waals surface area contributed by atoms with Gasteiger partial charge in [-0.25, -0.2) is 14.4 Å². The zero-order valence-corrected chi connectivity index (χ0v) is 18.1. The number of pyridine rings is 1. The molecule has 7 heteroatoms. The topological polar surface area (TPSA) is 78.8 Å². The normalized spacial score (nSPS) is 12.0. The second kappa shape index (κ2) is 12.1. The van der Waals surface area contributed by atoms with Crippen molar-refractivity contribution in [3.63, 3.8) is 0 Å². The molecule has 0 radical (unpaired) electrons. The van der Waals surface area contributed by atoms with Gasteiger partial charge in [-0.3, -0.25) is 0 Å². The zero-order valence-electron chi connectivity index (χ0n) is 18.1. The minimum Gasteiger partial charge on any atom is -0.439 e. The van der Waals surface area contributed by atoms with Crippen molar-refractivity contribution in [1.82, 2.24) is 15.6 Å². The number of aromatic nitrogens is 1. The SMILES string of the molecule is CCNC(=NCc1ccnc(Oc2ccc(F)cc2)c1)NCC(CC)(CC)CCO. The first-order valence-electron chi connectivity index (χ1n) is 10.6. The number of hydrogen-bond donors (Lipinski definition) is 3. The summed E-state index contributed by atoms with van der Waals surface area (Å²) in [6, 6.07) is 9.54. The number of ether oxygens (including phenoxy) is 1. The van der Waals surface area contributed by atoms with Gasteiger partial charge in [-0.1, -0.05) is 13.8 Å². The van der Waals surface area contributed by atoms with Gasteiger partial charge in [0.1, 0.15) is 11.6 Å². The summed E-state index contributed by atoms with van der Waals surface area (Å²) in [4.78, 5) is 8.89. The molecule has 1 aromatic heterocycles. The Morgan fingerprint density at radius 3 is 2.50 bits per heavy atom. The van der Waals surface area contributed by atoms with Gasteiger partial charge in [-0.15, -0.1) is 0 Å². The van der Waals surface area contributed by atoms with Crippen LogP contribution in [-0.4, -0.2) is 35.7 Å². The maximum atomic E-state index is 13.0.